The van der Waals surface area contributed by atoms with Crippen molar-refractivity contribution in [1.82, 2.24) is 9.88 Å². The van der Waals surface area contributed by atoms with Crippen molar-refractivity contribution >= 4 is 17.6 Å². The predicted molar refractivity (Wildman–Crippen MR) is 145 cm³/mol. The Morgan fingerprint density at radius 2 is 1.81 bits per heavy atom. The summed E-state index contributed by atoms with van der Waals surface area (Å²) >= 11 is 0. The minimum absolute atomic E-state index is 0.0571. The standard InChI is InChI=1S/C29H36N4O3/c1-6-14-33(15-7-2)27(34)25-18-23(17-24(19-25)26-32-13-16-35-26)21(3)36-28(31-5)29(4,30)20-22-11-9-8-10-12-22/h8-13,16-19H,3,6-7,14-15,20,30H2,1-2,4-5H3/t29-/m1/s1. The summed E-state index contributed by atoms with van der Waals surface area (Å²) in [6.07, 6.45) is 5.36. The molecule has 1 aromatic heterocycles. The van der Waals surface area contributed by atoms with E-state index >= 15 is 0 Å². The molecule has 190 valence electrons. The molecule has 0 aliphatic heterocycles. The van der Waals surface area contributed by atoms with Gasteiger partial charge in [0.2, 0.25) is 11.8 Å². The number of nitrogens with zero attached hydrogens (tertiary/aromatic N) is 3. The van der Waals surface area contributed by atoms with Gasteiger partial charge in [-0.05, 0) is 49.9 Å². The molecule has 1 amide bonds. The number of amides is 1. The van der Waals surface area contributed by atoms with Crippen LogP contribution in [-0.4, -0.2) is 47.4 Å². The molecule has 0 aliphatic carbocycles. The van der Waals surface area contributed by atoms with E-state index in [2.05, 4.69) is 30.4 Å². The van der Waals surface area contributed by atoms with E-state index in [1.807, 2.05) is 48.2 Å². The molecule has 1 heterocycles. The minimum Gasteiger partial charge on any atom is -0.445 e. The lowest BCUT2D eigenvalue weighted by Crippen LogP contribution is -2.48. The smallest absolute Gasteiger partial charge is 0.253 e. The van der Waals surface area contributed by atoms with Crippen molar-refractivity contribution in [3.63, 3.8) is 0 Å². The van der Waals surface area contributed by atoms with E-state index in [1.54, 1.807) is 25.4 Å². The van der Waals surface area contributed by atoms with Gasteiger partial charge in [-0.1, -0.05) is 50.8 Å². The van der Waals surface area contributed by atoms with Crippen LogP contribution in [0.2, 0.25) is 0 Å². The van der Waals surface area contributed by atoms with Gasteiger partial charge in [0.25, 0.3) is 5.91 Å². The highest BCUT2D eigenvalue weighted by molar-refractivity contribution is 5.97. The van der Waals surface area contributed by atoms with Crippen molar-refractivity contribution in [2.75, 3.05) is 20.1 Å². The summed E-state index contributed by atoms with van der Waals surface area (Å²) in [6, 6.07) is 15.4. The highest BCUT2D eigenvalue weighted by atomic mass is 16.5. The highest BCUT2D eigenvalue weighted by Gasteiger charge is 2.29. The van der Waals surface area contributed by atoms with E-state index in [1.165, 1.54) is 6.26 Å². The van der Waals surface area contributed by atoms with Crippen LogP contribution < -0.4 is 5.73 Å². The Balaban J connectivity index is 1.93. The fourth-order valence-electron chi connectivity index (χ4n) is 4.13. The number of nitrogens with two attached hydrogens (primary N) is 1. The third kappa shape index (κ3) is 6.70. The number of aliphatic imine (C=N–C) groups is 1. The number of oxazole rings is 1. The maximum absolute atomic E-state index is 13.4. The first-order valence-corrected chi connectivity index (χ1v) is 12.3. The van der Waals surface area contributed by atoms with Crippen molar-refractivity contribution in [2.45, 2.75) is 45.6 Å². The van der Waals surface area contributed by atoms with E-state index in [4.69, 9.17) is 14.9 Å². The number of benzene rings is 2. The second kappa shape index (κ2) is 12.3. The SMILES string of the molecule is C=C(OC(=NC)[C@](C)(N)Cc1ccccc1)c1cc(C(=O)N(CCC)CCC)cc(-c2ncco2)c1. The second-order valence-corrected chi connectivity index (χ2v) is 9.06. The summed E-state index contributed by atoms with van der Waals surface area (Å²) in [5, 5.41) is 0. The van der Waals surface area contributed by atoms with Gasteiger partial charge in [0.15, 0.2) is 0 Å². The van der Waals surface area contributed by atoms with Crippen LogP contribution in [0.3, 0.4) is 0 Å². The minimum atomic E-state index is -0.864. The molecule has 0 radical (unpaired) electrons. The van der Waals surface area contributed by atoms with Crippen LogP contribution in [-0.2, 0) is 11.2 Å². The Morgan fingerprint density at radius 3 is 2.39 bits per heavy atom. The lowest BCUT2D eigenvalue weighted by molar-refractivity contribution is 0.0755. The molecule has 0 bridgehead atoms. The Kier molecular flexibility index (Phi) is 9.19. The van der Waals surface area contributed by atoms with Gasteiger partial charge < -0.3 is 19.8 Å². The number of hydrogen-bond acceptors (Lipinski definition) is 6. The van der Waals surface area contributed by atoms with Crippen molar-refractivity contribution in [1.29, 1.82) is 0 Å². The van der Waals surface area contributed by atoms with Crippen molar-refractivity contribution in [3.05, 3.63) is 84.3 Å². The van der Waals surface area contributed by atoms with Crippen molar-refractivity contribution in [2.24, 2.45) is 10.7 Å². The monoisotopic (exact) mass is 488 g/mol. The number of rotatable bonds is 11. The molecular formula is C29H36N4O3. The first kappa shape index (κ1) is 26.9. The van der Waals surface area contributed by atoms with Crippen LogP contribution in [0.4, 0.5) is 0 Å². The molecule has 0 fully saturated rings. The fourth-order valence-corrected chi connectivity index (χ4v) is 4.13. The third-order valence-electron chi connectivity index (χ3n) is 5.78. The summed E-state index contributed by atoms with van der Waals surface area (Å²) in [6.45, 7) is 11.5. The second-order valence-electron chi connectivity index (χ2n) is 9.06. The molecule has 36 heavy (non-hydrogen) atoms. The summed E-state index contributed by atoms with van der Waals surface area (Å²) in [5.41, 5.74) is 8.65. The fraction of sp³-hybridized carbons (Fsp3) is 0.345. The molecular weight excluding hydrogens is 452 g/mol. The zero-order chi connectivity index (χ0) is 26.1. The Morgan fingerprint density at radius 1 is 1.14 bits per heavy atom. The molecule has 7 nitrogen and oxygen atoms in total. The molecule has 3 rings (SSSR count). The Hall–Kier alpha value is -3.71. The van der Waals surface area contributed by atoms with Gasteiger partial charge in [-0.3, -0.25) is 9.79 Å². The summed E-state index contributed by atoms with van der Waals surface area (Å²) in [7, 11) is 1.64. The average molecular weight is 489 g/mol. The molecule has 0 saturated heterocycles. The van der Waals surface area contributed by atoms with Crippen LogP contribution in [0.5, 0.6) is 0 Å². The summed E-state index contributed by atoms with van der Waals surface area (Å²) in [4.78, 5) is 23.9. The normalized spacial score (nSPS) is 13.2. The molecule has 0 unspecified atom stereocenters. The van der Waals surface area contributed by atoms with E-state index in [0.717, 1.165) is 18.4 Å². The van der Waals surface area contributed by atoms with E-state index in [0.29, 0.717) is 53.7 Å². The molecule has 0 saturated carbocycles. The molecule has 7 heteroatoms. The first-order chi connectivity index (χ1) is 17.3. The topological polar surface area (TPSA) is 94.0 Å². The largest absolute Gasteiger partial charge is 0.445 e. The molecule has 0 aliphatic rings. The molecule has 2 N–H and O–H groups in total. The van der Waals surface area contributed by atoms with Gasteiger partial charge in [0, 0.05) is 36.8 Å². The van der Waals surface area contributed by atoms with E-state index in [-0.39, 0.29) is 5.91 Å². The summed E-state index contributed by atoms with van der Waals surface area (Å²) in [5.74, 6) is 1.04. The highest BCUT2D eigenvalue weighted by Crippen LogP contribution is 2.27. The van der Waals surface area contributed by atoms with Crippen LogP contribution in [0.15, 0.2) is 77.0 Å². The van der Waals surface area contributed by atoms with Gasteiger partial charge >= 0.3 is 0 Å². The Labute approximate surface area is 213 Å². The van der Waals surface area contributed by atoms with Crippen LogP contribution in [0.1, 0.15) is 55.1 Å². The van der Waals surface area contributed by atoms with Crippen molar-refractivity contribution in [3.8, 4) is 11.5 Å². The zero-order valence-electron chi connectivity index (χ0n) is 21.7. The maximum Gasteiger partial charge on any atom is 0.253 e. The predicted octanol–water partition coefficient (Wildman–Crippen LogP) is 5.58. The van der Waals surface area contributed by atoms with E-state index < -0.39 is 5.54 Å². The quantitative estimate of drug-likeness (QED) is 0.216. The molecule has 3 aromatic rings. The number of ether oxygens (including phenoxy) is 1. The molecule has 1 atom stereocenters. The number of carbonyl (C=O) groups is 1. The lowest BCUT2D eigenvalue weighted by atomic mass is 9.93. The van der Waals surface area contributed by atoms with Crippen LogP contribution in [0.25, 0.3) is 17.2 Å². The lowest BCUT2D eigenvalue weighted by Gasteiger charge is -2.27. The number of aromatic nitrogens is 1. The van der Waals surface area contributed by atoms with Crippen LogP contribution >= 0.6 is 0 Å². The zero-order valence-corrected chi connectivity index (χ0v) is 21.7. The van der Waals surface area contributed by atoms with Gasteiger partial charge in [0.05, 0.1) is 11.7 Å². The van der Waals surface area contributed by atoms with Gasteiger partial charge in [-0.2, -0.15) is 0 Å². The maximum atomic E-state index is 13.4. The van der Waals surface area contributed by atoms with Crippen LogP contribution in [0, 0.1) is 0 Å². The first-order valence-electron chi connectivity index (χ1n) is 12.3. The van der Waals surface area contributed by atoms with Gasteiger partial charge in [0.1, 0.15) is 12.0 Å². The number of carbonyl (C=O) groups excluding carboxylic acids is 1. The van der Waals surface area contributed by atoms with Crippen molar-refractivity contribution < 1.29 is 13.9 Å². The Bertz CT molecular complexity index is 1180. The number of hydrogen-bond donors (Lipinski definition) is 1. The molecule has 2 aromatic carbocycles. The van der Waals surface area contributed by atoms with Gasteiger partial charge in [-0.25, -0.2) is 4.98 Å². The third-order valence-corrected chi connectivity index (χ3v) is 5.78. The molecule has 0 spiro atoms. The van der Waals surface area contributed by atoms with Gasteiger partial charge in [-0.15, -0.1) is 0 Å². The average Bonchev–Trinajstić information content (AvgIpc) is 3.42. The summed E-state index contributed by atoms with van der Waals surface area (Å²) < 4.78 is 11.7. The van der Waals surface area contributed by atoms with E-state index in [9.17, 15) is 4.79 Å².